The molecule has 1 aliphatic rings. The van der Waals surface area contributed by atoms with Crippen LogP contribution in [0, 0.1) is 0 Å². The zero-order valence-corrected chi connectivity index (χ0v) is 17.8. The Balaban J connectivity index is 1.39. The maximum Gasteiger partial charge on any atom is 0.237 e. The summed E-state index contributed by atoms with van der Waals surface area (Å²) in [5.41, 5.74) is 4.06. The molecule has 0 unspecified atom stereocenters. The predicted molar refractivity (Wildman–Crippen MR) is 122 cm³/mol. The van der Waals surface area contributed by atoms with Gasteiger partial charge in [-0.25, -0.2) is 4.98 Å². The van der Waals surface area contributed by atoms with E-state index in [1.165, 1.54) is 17.3 Å². The second-order valence-electron chi connectivity index (χ2n) is 7.45. The maximum absolute atomic E-state index is 12.8. The standard InChI is InChI=1S/C23H22N6OS/c1-2-13-29-21(14-28-15-24-18-9-5-6-10-19(18)28)26-27-23(29)31-20-12-11-16-7-3-4-8-17(16)25-22(20)30/h2-10,15,20H,1,11-14H2,(H,25,30)/t20-/m1/s1. The van der Waals surface area contributed by atoms with Crippen molar-refractivity contribution in [2.75, 3.05) is 5.32 Å². The Morgan fingerprint density at radius 1 is 1.16 bits per heavy atom. The number of carbonyl (C=O) groups excluding carboxylic acids is 1. The number of hydrogen-bond acceptors (Lipinski definition) is 5. The second kappa shape index (κ2) is 8.39. The molecule has 4 aromatic rings. The van der Waals surface area contributed by atoms with Crippen LogP contribution in [0.4, 0.5) is 5.69 Å². The Kier molecular flexibility index (Phi) is 5.30. The number of hydrogen-bond donors (Lipinski definition) is 1. The van der Waals surface area contributed by atoms with Gasteiger partial charge >= 0.3 is 0 Å². The highest BCUT2D eigenvalue weighted by Gasteiger charge is 2.27. The van der Waals surface area contributed by atoms with Gasteiger partial charge in [-0.3, -0.25) is 4.79 Å². The first-order valence-corrected chi connectivity index (χ1v) is 11.1. The van der Waals surface area contributed by atoms with Crippen LogP contribution in [0.15, 0.2) is 72.7 Å². The molecule has 0 aliphatic carbocycles. The van der Waals surface area contributed by atoms with Gasteiger partial charge in [0.05, 0.1) is 29.2 Å². The van der Waals surface area contributed by atoms with Crippen molar-refractivity contribution < 1.29 is 4.79 Å². The first-order valence-electron chi connectivity index (χ1n) is 10.2. The van der Waals surface area contributed by atoms with Crippen LogP contribution in [-0.2, 0) is 24.3 Å². The molecule has 2 aromatic heterocycles. The van der Waals surface area contributed by atoms with Gasteiger partial charge in [-0.1, -0.05) is 48.2 Å². The second-order valence-corrected chi connectivity index (χ2v) is 8.62. The van der Waals surface area contributed by atoms with Crippen LogP contribution in [0.25, 0.3) is 11.0 Å². The smallest absolute Gasteiger partial charge is 0.237 e. The van der Waals surface area contributed by atoms with E-state index >= 15 is 0 Å². The average Bonchev–Trinajstić information content (AvgIpc) is 3.32. The molecule has 0 saturated carbocycles. The molecule has 0 bridgehead atoms. The Bertz CT molecular complexity index is 1260. The zero-order valence-electron chi connectivity index (χ0n) is 16.9. The summed E-state index contributed by atoms with van der Waals surface area (Å²) < 4.78 is 4.08. The number of thioether (sulfide) groups is 1. The molecule has 1 aliphatic heterocycles. The van der Waals surface area contributed by atoms with E-state index < -0.39 is 0 Å². The van der Waals surface area contributed by atoms with E-state index in [4.69, 9.17) is 0 Å². The van der Waals surface area contributed by atoms with E-state index in [1.54, 1.807) is 0 Å². The number of allylic oxidation sites excluding steroid dienone is 1. The van der Waals surface area contributed by atoms with E-state index in [-0.39, 0.29) is 11.2 Å². The Hall–Kier alpha value is -3.39. The molecule has 0 fully saturated rings. The monoisotopic (exact) mass is 430 g/mol. The van der Waals surface area contributed by atoms with Crippen LogP contribution in [0.5, 0.6) is 0 Å². The Labute approximate surface area is 184 Å². The highest BCUT2D eigenvalue weighted by molar-refractivity contribution is 8.00. The van der Waals surface area contributed by atoms with Crippen molar-refractivity contribution >= 4 is 34.4 Å². The number of para-hydroxylation sites is 3. The van der Waals surface area contributed by atoms with Crippen LogP contribution < -0.4 is 5.32 Å². The lowest BCUT2D eigenvalue weighted by Gasteiger charge is -2.14. The Morgan fingerprint density at radius 3 is 2.90 bits per heavy atom. The number of imidazole rings is 1. The molecule has 156 valence electrons. The molecule has 5 rings (SSSR count). The number of nitrogens with zero attached hydrogens (tertiary/aromatic N) is 5. The molecule has 1 amide bonds. The summed E-state index contributed by atoms with van der Waals surface area (Å²) in [5.74, 6) is 0.813. The van der Waals surface area contributed by atoms with E-state index in [2.05, 4.69) is 37.7 Å². The molecule has 7 nitrogen and oxygen atoms in total. The summed E-state index contributed by atoms with van der Waals surface area (Å²) >= 11 is 1.46. The van der Waals surface area contributed by atoms with Crippen LogP contribution in [-0.4, -0.2) is 35.5 Å². The molecule has 1 atom stereocenters. The Morgan fingerprint density at radius 2 is 2.00 bits per heavy atom. The molecule has 8 heteroatoms. The van der Waals surface area contributed by atoms with Gasteiger partial charge in [0.25, 0.3) is 0 Å². The summed E-state index contributed by atoms with van der Waals surface area (Å²) in [7, 11) is 0. The summed E-state index contributed by atoms with van der Waals surface area (Å²) in [4.78, 5) is 17.3. The van der Waals surface area contributed by atoms with Gasteiger partial charge in [-0.2, -0.15) is 0 Å². The largest absolute Gasteiger partial charge is 0.325 e. The van der Waals surface area contributed by atoms with Gasteiger partial charge in [0.2, 0.25) is 5.91 Å². The lowest BCUT2D eigenvalue weighted by molar-refractivity contribution is -0.115. The van der Waals surface area contributed by atoms with Crippen molar-refractivity contribution in [3.8, 4) is 0 Å². The predicted octanol–water partition coefficient (Wildman–Crippen LogP) is 3.91. The SMILES string of the molecule is C=CCn1c(Cn2cnc3ccccc32)nnc1S[C@@H]1CCc2ccccc2NC1=O. The van der Waals surface area contributed by atoms with Crippen molar-refractivity contribution in [1.29, 1.82) is 0 Å². The number of benzene rings is 2. The normalized spacial score (nSPS) is 16.0. The van der Waals surface area contributed by atoms with Gasteiger partial charge in [-0.15, -0.1) is 16.8 Å². The van der Waals surface area contributed by atoms with Gasteiger partial charge in [0, 0.05) is 12.2 Å². The highest BCUT2D eigenvalue weighted by Crippen LogP contribution is 2.31. The summed E-state index contributed by atoms with van der Waals surface area (Å²) in [6.45, 7) is 5.01. The van der Waals surface area contributed by atoms with Gasteiger partial charge in [0.1, 0.15) is 0 Å². The fourth-order valence-corrected chi connectivity index (χ4v) is 4.91. The molecule has 0 saturated heterocycles. The van der Waals surface area contributed by atoms with Crippen LogP contribution in [0.2, 0.25) is 0 Å². The first-order chi connectivity index (χ1) is 15.2. The van der Waals surface area contributed by atoms with Crippen molar-refractivity contribution in [2.24, 2.45) is 0 Å². The molecule has 3 heterocycles. The van der Waals surface area contributed by atoms with Crippen molar-refractivity contribution in [3.05, 3.63) is 78.9 Å². The van der Waals surface area contributed by atoms with E-state index in [9.17, 15) is 4.79 Å². The number of fused-ring (bicyclic) bond motifs is 2. The highest BCUT2D eigenvalue weighted by atomic mass is 32.2. The number of aromatic nitrogens is 5. The fraction of sp³-hybridized carbons (Fsp3) is 0.217. The molecule has 1 N–H and O–H groups in total. The minimum atomic E-state index is -0.234. The number of aryl methyl sites for hydroxylation is 1. The van der Waals surface area contributed by atoms with Crippen molar-refractivity contribution in [3.63, 3.8) is 0 Å². The number of carbonyl (C=O) groups is 1. The molecule has 0 spiro atoms. The maximum atomic E-state index is 12.8. The fourth-order valence-electron chi connectivity index (χ4n) is 3.86. The summed E-state index contributed by atoms with van der Waals surface area (Å²) in [5, 5.41) is 12.4. The van der Waals surface area contributed by atoms with E-state index in [0.29, 0.717) is 13.1 Å². The first kappa shape index (κ1) is 19.6. The minimum Gasteiger partial charge on any atom is -0.325 e. The number of anilines is 1. The average molecular weight is 431 g/mol. The third kappa shape index (κ3) is 3.86. The number of nitrogens with one attached hydrogen (secondary N) is 1. The minimum absolute atomic E-state index is 0.00487. The summed E-state index contributed by atoms with van der Waals surface area (Å²) in [6, 6.07) is 16.0. The van der Waals surface area contributed by atoms with Crippen molar-refractivity contribution in [1.82, 2.24) is 24.3 Å². The van der Waals surface area contributed by atoms with Crippen LogP contribution >= 0.6 is 11.8 Å². The van der Waals surface area contributed by atoms with Gasteiger partial charge in [-0.05, 0) is 36.6 Å². The van der Waals surface area contributed by atoms with Gasteiger partial charge < -0.3 is 14.5 Å². The lowest BCUT2D eigenvalue weighted by atomic mass is 10.1. The number of rotatable bonds is 6. The molecule has 0 radical (unpaired) electrons. The quantitative estimate of drug-likeness (QED) is 0.469. The summed E-state index contributed by atoms with van der Waals surface area (Å²) in [6.07, 6.45) is 5.23. The third-order valence-corrected chi connectivity index (χ3v) is 6.68. The zero-order chi connectivity index (χ0) is 21.2. The van der Waals surface area contributed by atoms with E-state index in [0.717, 1.165) is 40.5 Å². The molecular formula is C23H22N6OS. The van der Waals surface area contributed by atoms with Gasteiger partial charge in [0.15, 0.2) is 11.0 Å². The van der Waals surface area contributed by atoms with Crippen LogP contribution in [0.3, 0.4) is 0 Å². The van der Waals surface area contributed by atoms with E-state index in [1.807, 2.05) is 59.4 Å². The molecular weight excluding hydrogens is 408 g/mol. The molecule has 31 heavy (non-hydrogen) atoms. The van der Waals surface area contributed by atoms with Crippen molar-refractivity contribution in [2.45, 2.75) is 36.3 Å². The lowest BCUT2D eigenvalue weighted by Crippen LogP contribution is -2.24. The van der Waals surface area contributed by atoms with Crippen LogP contribution in [0.1, 0.15) is 17.8 Å². The topological polar surface area (TPSA) is 77.6 Å². The molecule has 2 aromatic carbocycles. The number of amides is 1. The third-order valence-electron chi connectivity index (χ3n) is 5.44.